The molecule has 3 aromatic heterocycles. The Morgan fingerprint density at radius 1 is 1.14 bits per heavy atom. The fourth-order valence-corrected chi connectivity index (χ4v) is 2.22. The molecule has 0 saturated heterocycles. The Bertz CT molecular complexity index is 775. The van der Waals surface area contributed by atoms with Crippen molar-refractivity contribution in [3.63, 3.8) is 0 Å². The monoisotopic (exact) mass is 283 g/mol. The lowest BCUT2D eigenvalue weighted by Gasteiger charge is -2.26. The summed E-state index contributed by atoms with van der Waals surface area (Å²) in [5.74, 6) is 0. The lowest BCUT2D eigenvalue weighted by atomic mass is 9.85. The van der Waals surface area contributed by atoms with Crippen molar-refractivity contribution in [1.29, 1.82) is 0 Å². The Morgan fingerprint density at radius 2 is 1.95 bits per heavy atom. The molecular weight excluding hydrogens is 266 g/mol. The van der Waals surface area contributed by atoms with Gasteiger partial charge in [-0.05, 0) is 17.0 Å². The van der Waals surface area contributed by atoms with Crippen LogP contribution < -0.4 is 0 Å². The van der Waals surface area contributed by atoms with Gasteiger partial charge in [0.2, 0.25) is 0 Å². The number of hydrogen-bond donors (Lipinski definition) is 2. The van der Waals surface area contributed by atoms with Crippen LogP contribution in [0.2, 0.25) is 0 Å². The van der Waals surface area contributed by atoms with Gasteiger partial charge in [-0.1, -0.05) is 20.8 Å². The zero-order chi connectivity index (χ0) is 15.0. The summed E-state index contributed by atoms with van der Waals surface area (Å²) in [4.78, 5) is 19.8. The van der Waals surface area contributed by atoms with Gasteiger partial charge in [0.1, 0.15) is 17.5 Å². The number of H-pyrrole nitrogens is 1. The van der Waals surface area contributed by atoms with Gasteiger partial charge in [0, 0.05) is 18.0 Å². The maximum Gasteiger partial charge on any atom is 0.181 e. The molecule has 3 aromatic rings. The minimum atomic E-state index is -0.593. The number of hydrogen-bond acceptors (Lipinski definition) is 5. The summed E-state index contributed by atoms with van der Waals surface area (Å²) in [6.07, 6.45) is 5.88. The smallest absolute Gasteiger partial charge is 0.181 e. The minimum Gasteiger partial charge on any atom is -0.388 e. The van der Waals surface area contributed by atoms with Crippen molar-refractivity contribution in [3.05, 3.63) is 36.7 Å². The average molecular weight is 283 g/mol. The molecule has 1 unspecified atom stereocenters. The lowest BCUT2D eigenvalue weighted by molar-refractivity contribution is 0.0624. The molecule has 0 aliphatic heterocycles. The minimum absolute atomic E-state index is 0.255. The van der Waals surface area contributed by atoms with Gasteiger partial charge >= 0.3 is 0 Å². The van der Waals surface area contributed by atoms with Crippen molar-refractivity contribution >= 4 is 11.2 Å². The number of fused-ring (bicyclic) bond motifs is 1. The third-order valence-electron chi connectivity index (χ3n) is 3.39. The van der Waals surface area contributed by atoms with E-state index in [9.17, 15) is 5.11 Å². The van der Waals surface area contributed by atoms with Gasteiger partial charge in [-0.2, -0.15) is 0 Å². The van der Waals surface area contributed by atoms with Gasteiger partial charge in [-0.3, -0.25) is 4.98 Å². The molecule has 3 rings (SSSR count). The second kappa shape index (κ2) is 4.89. The molecule has 0 bridgehead atoms. The highest BCUT2D eigenvalue weighted by atomic mass is 16.3. The van der Waals surface area contributed by atoms with Gasteiger partial charge in [0.15, 0.2) is 5.65 Å². The molecule has 6 nitrogen and oxygen atoms in total. The Labute approximate surface area is 122 Å². The maximum atomic E-state index is 10.4. The molecule has 0 aliphatic carbocycles. The molecule has 1 atom stereocenters. The van der Waals surface area contributed by atoms with Gasteiger partial charge in [-0.25, -0.2) is 15.0 Å². The second-order valence-electron chi connectivity index (χ2n) is 6.10. The van der Waals surface area contributed by atoms with E-state index >= 15 is 0 Å². The Kier molecular flexibility index (Phi) is 3.17. The normalized spacial score (nSPS) is 13.5. The molecule has 0 aliphatic rings. The van der Waals surface area contributed by atoms with E-state index in [1.807, 2.05) is 26.8 Å². The number of aromatic nitrogens is 5. The van der Waals surface area contributed by atoms with Gasteiger partial charge < -0.3 is 10.1 Å². The number of rotatable bonds is 2. The molecule has 3 heterocycles. The van der Waals surface area contributed by atoms with Crippen LogP contribution >= 0.6 is 0 Å². The Balaban J connectivity index is 2.10. The summed E-state index contributed by atoms with van der Waals surface area (Å²) in [7, 11) is 0. The van der Waals surface area contributed by atoms with Crippen molar-refractivity contribution in [2.75, 3.05) is 0 Å². The largest absolute Gasteiger partial charge is 0.388 e. The molecule has 6 heteroatoms. The highest BCUT2D eigenvalue weighted by Gasteiger charge is 2.24. The molecule has 2 N–H and O–H groups in total. The zero-order valence-corrected chi connectivity index (χ0v) is 12.2. The highest BCUT2D eigenvalue weighted by Crippen LogP contribution is 2.34. The molecule has 0 aromatic carbocycles. The van der Waals surface area contributed by atoms with E-state index in [0.29, 0.717) is 5.65 Å². The summed E-state index contributed by atoms with van der Waals surface area (Å²) >= 11 is 0. The van der Waals surface area contributed by atoms with E-state index in [4.69, 9.17) is 0 Å². The van der Waals surface area contributed by atoms with Crippen LogP contribution in [-0.2, 0) is 0 Å². The first kappa shape index (κ1) is 13.6. The topological polar surface area (TPSA) is 87.6 Å². The van der Waals surface area contributed by atoms with Gasteiger partial charge in [-0.15, -0.1) is 0 Å². The van der Waals surface area contributed by atoms with E-state index in [-0.39, 0.29) is 5.41 Å². The van der Waals surface area contributed by atoms with E-state index in [2.05, 4.69) is 24.9 Å². The SMILES string of the molecule is CC(C)(C)C(O)c1cncc(-c2ncnc3nc[nH]c23)c1. The third-order valence-corrected chi connectivity index (χ3v) is 3.39. The zero-order valence-electron chi connectivity index (χ0n) is 12.2. The summed E-state index contributed by atoms with van der Waals surface area (Å²) in [5.41, 5.74) is 3.45. The van der Waals surface area contributed by atoms with Crippen LogP contribution in [0.1, 0.15) is 32.4 Å². The molecule has 108 valence electrons. The Morgan fingerprint density at radius 3 is 2.71 bits per heavy atom. The van der Waals surface area contributed by atoms with Crippen LogP contribution in [0.15, 0.2) is 31.1 Å². The Hall–Kier alpha value is -2.34. The van der Waals surface area contributed by atoms with Gasteiger partial charge in [0.05, 0.1) is 12.4 Å². The number of aliphatic hydroxyl groups is 1. The summed E-state index contributed by atoms with van der Waals surface area (Å²) < 4.78 is 0. The number of imidazole rings is 1. The first-order chi connectivity index (χ1) is 9.97. The molecule has 0 spiro atoms. The summed E-state index contributed by atoms with van der Waals surface area (Å²) in [6, 6.07) is 1.91. The van der Waals surface area contributed by atoms with E-state index in [1.54, 1.807) is 18.7 Å². The van der Waals surface area contributed by atoms with Crippen molar-refractivity contribution in [2.45, 2.75) is 26.9 Å². The second-order valence-corrected chi connectivity index (χ2v) is 6.10. The van der Waals surface area contributed by atoms with Crippen LogP contribution in [0.25, 0.3) is 22.4 Å². The molecule has 0 amide bonds. The van der Waals surface area contributed by atoms with Crippen LogP contribution in [0, 0.1) is 5.41 Å². The van der Waals surface area contributed by atoms with Crippen molar-refractivity contribution < 1.29 is 5.11 Å². The maximum absolute atomic E-state index is 10.4. The van der Waals surface area contributed by atoms with E-state index < -0.39 is 6.10 Å². The molecule has 0 radical (unpaired) electrons. The van der Waals surface area contributed by atoms with E-state index in [0.717, 1.165) is 22.3 Å². The number of aromatic amines is 1. The van der Waals surface area contributed by atoms with Crippen molar-refractivity contribution in [2.24, 2.45) is 5.41 Å². The number of nitrogens with one attached hydrogen (secondary N) is 1. The molecule has 0 fully saturated rings. The fraction of sp³-hybridized carbons (Fsp3) is 0.333. The average Bonchev–Trinajstić information content (AvgIpc) is 2.94. The van der Waals surface area contributed by atoms with Crippen molar-refractivity contribution in [3.8, 4) is 11.3 Å². The lowest BCUT2D eigenvalue weighted by Crippen LogP contribution is -2.18. The highest BCUT2D eigenvalue weighted by molar-refractivity contribution is 5.86. The molecule has 0 saturated carbocycles. The quantitative estimate of drug-likeness (QED) is 0.754. The van der Waals surface area contributed by atoms with Crippen molar-refractivity contribution in [1.82, 2.24) is 24.9 Å². The van der Waals surface area contributed by atoms with Crippen LogP contribution in [0.5, 0.6) is 0 Å². The number of aliphatic hydroxyl groups excluding tert-OH is 1. The van der Waals surface area contributed by atoms with Crippen LogP contribution in [0.4, 0.5) is 0 Å². The number of nitrogens with zero attached hydrogens (tertiary/aromatic N) is 4. The van der Waals surface area contributed by atoms with Crippen LogP contribution in [0.3, 0.4) is 0 Å². The first-order valence-corrected chi connectivity index (χ1v) is 6.74. The van der Waals surface area contributed by atoms with Gasteiger partial charge in [0.25, 0.3) is 0 Å². The molecule has 21 heavy (non-hydrogen) atoms. The third kappa shape index (κ3) is 2.50. The first-order valence-electron chi connectivity index (χ1n) is 6.74. The predicted octanol–water partition coefficient (Wildman–Crippen LogP) is 2.49. The summed E-state index contributed by atoms with van der Waals surface area (Å²) in [6.45, 7) is 5.96. The molecular formula is C15H17N5O. The predicted molar refractivity (Wildman–Crippen MR) is 79.3 cm³/mol. The van der Waals surface area contributed by atoms with Crippen LogP contribution in [-0.4, -0.2) is 30.0 Å². The summed E-state index contributed by atoms with van der Waals surface area (Å²) in [5, 5.41) is 10.4. The van der Waals surface area contributed by atoms with E-state index in [1.165, 1.54) is 6.33 Å². The number of pyridine rings is 1. The standard InChI is InChI=1S/C15H17N5O/c1-15(2,3)13(21)10-4-9(5-16-6-10)11-12-14(19-7-17-11)20-8-18-12/h4-8,13,21H,1-3H3,(H,17,18,19,20). The fourth-order valence-electron chi connectivity index (χ4n) is 2.22.